The molecule has 1 rings (SSSR count). The lowest BCUT2D eigenvalue weighted by Crippen LogP contribution is -2.50. The predicted molar refractivity (Wildman–Crippen MR) is 78.8 cm³/mol. The van der Waals surface area contributed by atoms with Gasteiger partial charge >= 0.3 is 17.9 Å². The van der Waals surface area contributed by atoms with Crippen LogP contribution in [-0.2, 0) is 28.6 Å². The summed E-state index contributed by atoms with van der Waals surface area (Å²) in [6.07, 6.45) is -0.917. The summed E-state index contributed by atoms with van der Waals surface area (Å²) in [5.41, 5.74) is -2.04. The van der Waals surface area contributed by atoms with Crippen molar-refractivity contribution in [1.82, 2.24) is 0 Å². The lowest BCUT2D eigenvalue weighted by Gasteiger charge is -2.39. The molecule has 0 aromatic heterocycles. The Morgan fingerprint density at radius 3 is 2.23 bits per heavy atom. The van der Waals surface area contributed by atoms with Crippen LogP contribution in [0.3, 0.4) is 0 Å². The Morgan fingerprint density at radius 2 is 1.82 bits per heavy atom. The maximum Gasteiger partial charge on any atom is 0.347 e. The lowest BCUT2D eigenvalue weighted by molar-refractivity contribution is -0.187. The van der Waals surface area contributed by atoms with Gasteiger partial charge in [-0.25, -0.2) is 9.59 Å². The Kier molecular flexibility index (Phi) is 5.05. The van der Waals surface area contributed by atoms with Crippen molar-refractivity contribution in [3.63, 3.8) is 0 Å². The minimum atomic E-state index is -1.15. The summed E-state index contributed by atoms with van der Waals surface area (Å²) in [5.74, 6) is -1.95. The number of hydrogen-bond acceptors (Lipinski definition) is 6. The first kappa shape index (κ1) is 18.2. The first-order valence-electron chi connectivity index (χ1n) is 7.16. The van der Waals surface area contributed by atoms with Crippen molar-refractivity contribution in [2.75, 3.05) is 6.61 Å². The van der Waals surface area contributed by atoms with Crippen LogP contribution in [0.1, 0.15) is 41.5 Å². The van der Waals surface area contributed by atoms with Gasteiger partial charge in [0.25, 0.3) is 0 Å². The van der Waals surface area contributed by atoms with E-state index in [2.05, 4.69) is 6.58 Å². The van der Waals surface area contributed by atoms with Gasteiger partial charge in [0.1, 0.15) is 11.0 Å². The molecule has 6 heteroatoms. The third kappa shape index (κ3) is 3.48. The van der Waals surface area contributed by atoms with Gasteiger partial charge in [0.05, 0.1) is 6.61 Å². The van der Waals surface area contributed by atoms with Crippen molar-refractivity contribution in [2.45, 2.75) is 53.2 Å². The summed E-state index contributed by atoms with van der Waals surface area (Å²) in [4.78, 5) is 35.8. The van der Waals surface area contributed by atoms with Gasteiger partial charge in [-0.3, -0.25) is 4.79 Å². The first-order valence-corrected chi connectivity index (χ1v) is 7.16. The SMILES string of the molecule is C=C(C)C(=O)OC(C)(C)C(C)(C)C(=O)OC1C(=O)OCC1C. The van der Waals surface area contributed by atoms with Crippen LogP contribution in [0.25, 0.3) is 0 Å². The molecule has 2 atom stereocenters. The van der Waals surface area contributed by atoms with Gasteiger partial charge in [0.2, 0.25) is 6.10 Å². The van der Waals surface area contributed by atoms with E-state index in [9.17, 15) is 14.4 Å². The number of rotatable bonds is 5. The van der Waals surface area contributed by atoms with Gasteiger partial charge in [-0.05, 0) is 34.6 Å². The maximum absolute atomic E-state index is 12.5. The highest BCUT2D eigenvalue weighted by atomic mass is 16.6. The Hall–Kier alpha value is -1.85. The molecule has 0 bridgehead atoms. The van der Waals surface area contributed by atoms with Crippen LogP contribution < -0.4 is 0 Å². The second kappa shape index (κ2) is 6.10. The number of hydrogen-bond donors (Lipinski definition) is 0. The van der Waals surface area contributed by atoms with Crippen molar-refractivity contribution >= 4 is 17.9 Å². The van der Waals surface area contributed by atoms with Crippen molar-refractivity contribution in [3.05, 3.63) is 12.2 Å². The molecule has 6 nitrogen and oxygen atoms in total. The molecule has 0 saturated carbocycles. The van der Waals surface area contributed by atoms with Crippen molar-refractivity contribution in [2.24, 2.45) is 11.3 Å². The molecular formula is C16H24O6. The third-order valence-electron chi connectivity index (χ3n) is 4.18. The van der Waals surface area contributed by atoms with Gasteiger partial charge in [-0.2, -0.15) is 0 Å². The molecule has 1 saturated heterocycles. The normalized spacial score (nSPS) is 22.0. The molecule has 1 fully saturated rings. The summed E-state index contributed by atoms with van der Waals surface area (Å²) in [5, 5.41) is 0. The number of carbonyl (C=O) groups excluding carboxylic acids is 3. The van der Waals surface area contributed by atoms with E-state index in [1.165, 1.54) is 6.92 Å². The zero-order valence-corrected chi connectivity index (χ0v) is 14.0. The molecule has 1 aliphatic heterocycles. The maximum atomic E-state index is 12.5. The first-order chi connectivity index (χ1) is 9.90. The fraction of sp³-hybridized carbons (Fsp3) is 0.688. The number of ether oxygens (including phenoxy) is 3. The standard InChI is InChI=1S/C16H24O6/c1-9(2)12(17)22-16(6,7)15(4,5)14(19)21-11-10(3)8-20-13(11)18/h10-11H,1,8H2,2-7H3. The number of cyclic esters (lactones) is 1. The second-order valence-corrected chi connectivity index (χ2v) is 6.74. The molecule has 0 aromatic carbocycles. The Morgan fingerprint density at radius 1 is 1.27 bits per heavy atom. The molecule has 0 N–H and O–H groups in total. The van der Waals surface area contributed by atoms with Gasteiger partial charge in [-0.1, -0.05) is 13.5 Å². The lowest BCUT2D eigenvalue weighted by atomic mass is 9.77. The molecule has 0 radical (unpaired) electrons. The number of carbonyl (C=O) groups is 3. The molecule has 0 aromatic rings. The third-order valence-corrected chi connectivity index (χ3v) is 4.18. The van der Waals surface area contributed by atoms with Gasteiger partial charge in [-0.15, -0.1) is 0 Å². The minimum absolute atomic E-state index is 0.201. The molecule has 22 heavy (non-hydrogen) atoms. The summed E-state index contributed by atoms with van der Waals surface area (Å²) < 4.78 is 15.5. The van der Waals surface area contributed by atoms with E-state index in [0.717, 1.165) is 0 Å². The summed E-state index contributed by atoms with van der Waals surface area (Å²) in [7, 11) is 0. The molecule has 1 heterocycles. The number of esters is 3. The van der Waals surface area contributed by atoms with Crippen LogP contribution in [0.4, 0.5) is 0 Å². The quantitative estimate of drug-likeness (QED) is 0.439. The van der Waals surface area contributed by atoms with Crippen LogP contribution in [0.5, 0.6) is 0 Å². The van der Waals surface area contributed by atoms with E-state index in [1.54, 1.807) is 34.6 Å². The van der Waals surface area contributed by atoms with Crippen molar-refractivity contribution in [1.29, 1.82) is 0 Å². The molecule has 2 unspecified atom stereocenters. The van der Waals surface area contributed by atoms with Gasteiger partial charge in [0, 0.05) is 11.5 Å². The molecule has 0 aliphatic carbocycles. The highest BCUT2D eigenvalue weighted by Crippen LogP contribution is 2.36. The molecule has 1 aliphatic rings. The Labute approximate surface area is 130 Å². The van der Waals surface area contributed by atoms with Crippen LogP contribution in [0.2, 0.25) is 0 Å². The molecule has 0 spiro atoms. The summed E-state index contributed by atoms with van der Waals surface area (Å²) in [6.45, 7) is 13.5. The van der Waals surface area contributed by atoms with Gasteiger partial charge < -0.3 is 14.2 Å². The minimum Gasteiger partial charge on any atom is -0.462 e. The van der Waals surface area contributed by atoms with Crippen molar-refractivity contribution < 1.29 is 28.6 Å². The Balaban J connectivity index is 2.87. The highest BCUT2D eigenvalue weighted by molar-refractivity contribution is 5.88. The van der Waals surface area contributed by atoms with Crippen LogP contribution >= 0.6 is 0 Å². The van der Waals surface area contributed by atoms with E-state index in [1.807, 2.05) is 0 Å². The van der Waals surface area contributed by atoms with E-state index in [0.29, 0.717) is 0 Å². The average Bonchev–Trinajstić information content (AvgIpc) is 2.69. The Bertz CT molecular complexity index is 503. The van der Waals surface area contributed by atoms with Crippen molar-refractivity contribution in [3.8, 4) is 0 Å². The average molecular weight is 312 g/mol. The zero-order valence-electron chi connectivity index (χ0n) is 14.0. The van der Waals surface area contributed by atoms with Crippen LogP contribution in [0.15, 0.2) is 12.2 Å². The summed E-state index contributed by atoms with van der Waals surface area (Å²) in [6, 6.07) is 0. The van der Waals surface area contributed by atoms with E-state index in [-0.39, 0.29) is 18.1 Å². The fourth-order valence-electron chi connectivity index (χ4n) is 1.73. The smallest absolute Gasteiger partial charge is 0.347 e. The molecule has 124 valence electrons. The zero-order chi connectivity index (χ0) is 17.3. The van der Waals surface area contributed by atoms with Crippen LogP contribution in [-0.4, -0.2) is 36.2 Å². The van der Waals surface area contributed by atoms with Gasteiger partial charge in [0.15, 0.2) is 0 Å². The fourth-order valence-corrected chi connectivity index (χ4v) is 1.73. The summed E-state index contributed by atoms with van der Waals surface area (Å²) >= 11 is 0. The molecule has 0 amide bonds. The largest absolute Gasteiger partial charge is 0.462 e. The predicted octanol–water partition coefficient (Wildman–Crippen LogP) is 2.02. The highest BCUT2D eigenvalue weighted by Gasteiger charge is 2.50. The second-order valence-electron chi connectivity index (χ2n) is 6.74. The monoisotopic (exact) mass is 312 g/mol. The van der Waals surface area contributed by atoms with E-state index < -0.39 is 35.0 Å². The van der Waals surface area contributed by atoms with E-state index in [4.69, 9.17) is 14.2 Å². The topological polar surface area (TPSA) is 78.9 Å². The molecular weight excluding hydrogens is 288 g/mol. The van der Waals surface area contributed by atoms with Crippen LogP contribution in [0, 0.1) is 11.3 Å². The van der Waals surface area contributed by atoms with E-state index >= 15 is 0 Å².